The van der Waals surface area contributed by atoms with Crippen molar-refractivity contribution in [3.05, 3.63) is 47.5 Å². The van der Waals surface area contributed by atoms with Crippen molar-refractivity contribution < 1.29 is 4.79 Å². The second-order valence-electron chi connectivity index (χ2n) is 4.48. The number of alkyl halides is 1. The van der Waals surface area contributed by atoms with Crippen molar-refractivity contribution in [2.75, 3.05) is 5.33 Å². The van der Waals surface area contributed by atoms with Crippen molar-refractivity contribution in [1.29, 1.82) is 0 Å². The fourth-order valence-corrected chi connectivity index (χ4v) is 3.18. The summed E-state index contributed by atoms with van der Waals surface area (Å²) in [4.78, 5) is 12.1. The molecule has 0 N–H and O–H groups in total. The summed E-state index contributed by atoms with van der Waals surface area (Å²) in [6, 6.07) is 12.0. The van der Waals surface area contributed by atoms with E-state index in [9.17, 15) is 4.79 Å². The molecule has 0 saturated heterocycles. The Bertz CT molecular complexity index is 783. The minimum absolute atomic E-state index is 0.0277. The standard InChI is InChI=1S/C15H11BrN2OS/c1-9-11(10-5-3-2-4-6-10)7-12(13(19)8-16)15-14(9)17-20-18-15/h2-7H,8H2,1H3. The number of nitrogens with zero attached hydrogens (tertiary/aromatic N) is 2. The van der Waals surface area contributed by atoms with E-state index in [0.717, 1.165) is 33.9 Å². The Balaban J connectivity index is 2.33. The number of carbonyl (C=O) groups excluding carboxylic acids is 1. The van der Waals surface area contributed by atoms with E-state index in [1.54, 1.807) is 0 Å². The molecule has 0 saturated carbocycles. The number of carbonyl (C=O) groups is 1. The Morgan fingerprint density at radius 1 is 1.20 bits per heavy atom. The van der Waals surface area contributed by atoms with Gasteiger partial charge in [-0.15, -0.1) is 0 Å². The average Bonchev–Trinajstić information content (AvgIpc) is 2.98. The molecule has 0 fully saturated rings. The van der Waals surface area contributed by atoms with Crippen molar-refractivity contribution in [2.24, 2.45) is 0 Å². The van der Waals surface area contributed by atoms with Gasteiger partial charge in [-0.3, -0.25) is 4.79 Å². The number of fused-ring (bicyclic) bond motifs is 1. The maximum atomic E-state index is 12.1. The molecule has 5 heteroatoms. The van der Waals surface area contributed by atoms with Crippen LogP contribution in [-0.2, 0) is 0 Å². The summed E-state index contributed by atoms with van der Waals surface area (Å²) in [5.74, 6) is 0.0277. The van der Waals surface area contributed by atoms with E-state index >= 15 is 0 Å². The van der Waals surface area contributed by atoms with Crippen LogP contribution in [0.2, 0.25) is 0 Å². The monoisotopic (exact) mass is 346 g/mol. The van der Waals surface area contributed by atoms with Crippen LogP contribution in [0.25, 0.3) is 22.2 Å². The van der Waals surface area contributed by atoms with Crippen LogP contribution in [0.5, 0.6) is 0 Å². The number of hydrogen-bond acceptors (Lipinski definition) is 4. The van der Waals surface area contributed by atoms with Gasteiger partial charge < -0.3 is 0 Å². The predicted molar refractivity (Wildman–Crippen MR) is 85.7 cm³/mol. The molecule has 0 aliphatic heterocycles. The molecule has 0 atom stereocenters. The summed E-state index contributed by atoms with van der Waals surface area (Å²) < 4.78 is 8.62. The molecule has 3 aromatic rings. The summed E-state index contributed by atoms with van der Waals surface area (Å²) in [5, 5.41) is 0.289. The number of halogens is 1. The van der Waals surface area contributed by atoms with Crippen LogP contribution in [-0.4, -0.2) is 19.9 Å². The van der Waals surface area contributed by atoms with Gasteiger partial charge in [-0.2, -0.15) is 8.75 Å². The molecule has 20 heavy (non-hydrogen) atoms. The Morgan fingerprint density at radius 2 is 1.90 bits per heavy atom. The van der Waals surface area contributed by atoms with Gasteiger partial charge in [-0.05, 0) is 29.7 Å². The summed E-state index contributed by atoms with van der Waals surface area (Å²) in [6.45, 7) is 2.02. The lowest BCUT2D eigenvalue weighted by molar-refractivity contribution is 0.102. The third-order valence-corrected chi connectivity index (χ3v) is 4.34. The summed E-state index contributed by atoms with van der Waals surface area (Å²) >= 11 is 4.38. The lowest BCUT2D eigenvalue weighted by Gasteiger charge is -2.09. The number of hydrogen-bond donors (Lipinski definition) is 0. The van der Waals surface area contributed by atoms with Crippen molar-refractivity contribution in [3.63, 3.8) is 0 Å². The molecule has 0 radical (unpaired) electrons. The first-order valence-electron chi connectivity index (χ1n) is 6.13. The lowest BCUT2D eigenvalue weighted by atomic mass is 9.95. The van der Waals surface area contributed by atoms with Crippen molar-refractivity contribution in [1.82, 2.24) is 8.75 Å². The number of aryl methyl sites for hydroxylation is 1. The van der Waals surface area contributed by atoms with E-state index in [1.807, 2.05) is 43.3 Å². The van der Waals surface area contributed by atoms with Crippen molar-refractivity contribution in [2.45, 2.75) is 6.92 Å². The third kappa shape index (κ3) is 2.17. The van der Waals surface area contributed by atoms with Crippen LogP contribution in [0.1, 0.15) is 15.9 Å². The molecule has 0 spiro atoms. The van der Waals surface area contributed by atoms with Gasteiger partial charge in [0.1, 0.15) is 11.0 Å². The molecule has 0 unspecified atom stereocenters. The number of ketones is 1. The minimum Gasteiger partial charge on any atom is -0.293 e. The second-order valence-corrected chi connectivity index (χ2v) is 5.57. The van der Waals surface area contributed by atoms with E-state index in [0.29, 0.717) is 11.1 Å². The maximum absolute atomic E-state index is 12.1. The highest BCUT2D eigenvalue weighted by Crippen LogP contribution is 2.31. The predicted octanol–water partition coefficient (Wildman–Crippen LogP) is 4.24. The zero-order valence-corrected chi connectivity index (χ0v) is 13.2. The Labute approximate surface area is 129 Å². The van der Waals surface area contributed by atoms with E-state index in [4.69, 9.17) is 0 Å². The van der Waals surface area contributed by atoms with Gasteiger partial charge in [-0.1, -0.05) is 46.3 Å². The van der Waals surface area contributed by atoms with E-state index in [-0.39, 0.29) is 11.1 Å². The van der Waals surface area contributed by atoms with Crippen molar-refractivity contribution >= 4 is 44.5 Å². The van der Waals surface area contributed by atoms with Gasteiger partial charge >= 0.3 is 0 Å². The molecular weight excluding hydrogens is 336 g/mol. The molecule has 0 amide bonds. The minimum atomic E-state index is 0.0277. The first-order valence-corrected chi connectivity index (χ1v) is 7.98. The fraction of sp³-hybridized carbons (Fsp3) is 0.133. The highest BCUT2D eigenvalue weighted by molar-refractivity contribution is 9.09. The van der Waals surface area contributed by atoms with Gasteiger partial charge in [0, 0.05) is 5.56 Å². The molecule has 3 nitrogen and oxygen atoms in total. The first-order chi connectivity index (χ1) is 9.72. The Kier molecular flexibility index (Phi) is 3.63. The van der Waals surface area contributed by atoms with Gasteiger partial charge in [0.15, 0.2) is 5.78 Å². The average molecular weight is 347 g/mol. The SMILES string of the molecule is Cc1c(-c2ccccc2)cc(C(=O)CBr)c2nsnc12. The molecule has 1 heterocycles. The molecular formula is C15H11BrN2OS. The zero-order chi connectivity index (χ0) is 14.1. The summed E-state index contributed by atoms with van der Waals surface area (Å²) in [6.07, 6.45) is 0. The van der Waals surface area contributed by atoms with Gasteiger partial charge in [0.2, 0.25) is 0 Å². The quantitative estimate of drug-likeness (QED) is 0.526. The first kappa shape index (κ1) is 13.4. The van der Waals surface area contributed by atoms with Crippen LogP contribution in [0.15, 0.2) is 36.4 Å². The highest BCUT2D eigenvalue weighted by atomic mass is 79.9. The molecule has 0 aliphatic carbocycles. The molecule has 1 aromatic heterocycles. The van der Waals surface area contributed by atoms with Crippen LogP contribution in [0.4, 0.5) is 0 Å². The van der Waals surface area contributed by atoms with Crippen LogP contribution in [0, 0.1) is 6.92 Å². The topological polar surface area (TPSA) is 42.9 Å². The number of aromatic nitrogens is 2. The highest BCUT2D eigenvalue weighted by Gasteiger charge is 2.17. The molecule has 100 valence electrons. The van der Waals surface area contributed by atoms with Gasteiger partial charge in [-0.25, -0.2) is 0 Å². The van der Waals surface area contributed by atoms with Crippen LogP contribution < -0.4 is 0 Å². The summed E-state index contributed by atoms with van der Waals surface area (Å²) in [7, 11) is 0. The van der Waals surface area contributed by atoms with Gasteiger partial charge in [0.25, 0.3) is 0 Å². The molecule has 3 rings (SSSR count). The van der Waals surface area contributed by atoms with Crippen LogP contribution in [0.3, 0.4) is 0 Å². The Hall–Kier alpha value is -1.59. The van der Waals surface area contributed by atoms with Crippen molar-refractivity contribution in [3.8, 4) is 11.1 Å². The van der Waals surface area contributed by atoms with Crippen LogP contribution >= 0.6 is 27.7 Å². The fourth-order valence-electron chi connectivity index (χ4n) is 2.26. The number of benzene rings is 2. The second kappa shape index (κ2) is 5.42. The Morgan fingerprint density at radius 3 is 2.60 bits per heavy atom. The van der Waals surface area contributed by atoms with E-state index in [1.165, 1.54) is 0 Å². The molecule has 0 aliphatic rings. The molecule has 0 bridgehead atoms. The third-order valence-electron chi connectivity index (χ3n) is 3.30. The molecule has 2 aromatic carbocycles. The van der Waals surface area contributed by atoms with E-state index < -0.39 is 0 Å². The normalized spacial score (nSPS) is 10.9. The largest absolute Gasteiger partial charge is 0.293 e. The van der Waals surface area contributed by atoms with Gasteiger partial charge in [0.05, 0.1) is 17.1 Å². The smallest absolute Gasteiger partial charge is 0.175 e. The zero-order valence-electron chi connectivity index (χ0n) is 10.8. The summed E-state index contributed by atoms with van der Waals surface area (Å²) in [5.41, 5.74) is 5.34. The number of Topliss-reactive ketones (excluding diaryl/α,β-unsaturated/α-hetero) is 1. The number of rotatable bonds is 3. The lowest BCUT2D eigenvalue weighted by Crippen LogP contribution is -2.03. The maximum Gasteiger partial charge on any atom is 0.175 e. The van der Waals surface area contributed by atoms with E-state index in [2.05, 4.69) is 24.7 Å².